The third-order valence-electron chi connectivity index (χ3n) is 6.16. The van der Waals surface area contributed by atoms with Gasteiger partial charge in [-0.1, -0.05) is 30.3 Å². The van der Waals surface area contributed by atoms with Crippen molar-refractivity contribution in [2.24, 2.45) is 23.7 Å². The fourth-order valence-electron chi connectivity index (χ4n) is 4.96. The van der Waals surface area contributed by atoms with Gasteiger partial charge in [-0.25, -0.2) is 0 Å². The van der Waals surface area contributed by atoms with E-state index in [1.165, 1.54) is 0 Å². The van der Waals surface area contributed by atoms with Crippen LogP contribution in [0, 0.1) is 23.7 Å². The number of amides is 1. The molecule has 0 spiro atoms. The Morgan fingerprint density at radius 3 is 2.63 bits per heavy atom. The molecule has 1 aliphatic heterocycles. The number of hydrogen-bond donors (Lipinski definition) is 1. The molecule has 2 aromatic rings. The number of rotatable bonds is 5. The first-order valence-corrected chi connectivity index (χ1v) is 9.47. The normalized spacial score (nSPS) is 30.2. The molecule has 2 aliphatic carbocycles. The van der Waals surface area contributed by atoms with Gasteiger partial charge in [0.1, 0.15) is 18.5 Å². The van der Waals surface area contributed by atoms with E-state index in [2.05, 4.69) is 5.32 Å². The Bertz CT molecular complexity index is 862. The highest BCUT2D eigenvalue weighted by atomic mass is 16.6. The molecular weight excluding hydrogens is 342 g/mol. The molecule has 1 saturated heterocycles. The molecule has 0 aromatic heterocycles. The molecule has 2 saturated carbocycles. The first kappa shape index (κ1) is 16.4. The minimum absolute atomic E-state index is 0.0533. The van der Waals surface area contributed by atoms with Crippen molar-refractivity contribution in [2.45, 2.75) is 25.6 Å². The van der Waals surface area contributed by atoms with Crippen molar-refractivity contribution in [2.75, 3.05) is 5.32 Å². The van der Waals surface area contributed by atoms with E-state index in [1.54, 1.807) is 0 Å². The Morgan fingerprint density at radius 2 is 1.85 bits per heavy atom. The standard InChI is InChI=1S/C22H21NO4/c24-21(19-14-10-17-18(11-14)27-22(25)20(17)19)23-15-6-8-16(9-7-15)26-12-13-4-2-1-3-5-13/h1-9,14,17-20H,10-12H2,(H,23,24)/t14-,17-,18-,19+,20+/m1/s1. The predicted molar refractivity (Wildman–Crippen MR) is 98.9 cm³/mol. The van der Waals surface area contributed by atoms with Gasteiger partial charge >= 0.3 is 5.97 Å². The predicted octanol–water partition coefficient (Wildman–Crippen LogP) is 3.40. The van der Waals surface area contributed by atoms with Crippen molar-refractivity contribution in [3.8, 4) is 5.75 Å². The second-order valence-corrected chi connectivity index (χ2v) is 7.71. The molecule has 5 heteroatoms. The summed E-state index contributed by atoms with van der Waals surface area (Å²) in [5.41, 5.74) is 1.82. The molecule has 1 heterocycles. The lowest BCUT2D eigenvalue weighted by molar-refractivity contribution is -0.145. The van der Waals surface area contributed by atoms with Crippen molar-refractivity contribution < 1.29 is 19.1 Å². The summed E-state index contributed by atoms with van der Waals surface area (Å²) >= 11 is 0. The van der Waals surface area contributed by atoms with Crippen LogP contribution in [0.2, 0.25) is 0 Å². The Kier molecular flexibility index (Phi) is 3.88. The Hall–Kier alpha value is -2.82. The Morgan fingerprint density at radius 1 is 1.07 bits per heavy atom. The molecule has 5 atom stereocenters. The molecule has 1 amide bonds. The van der Waals surface area contributed by atoms with Gasteiger partial charge in [0.25, 0.3) is 0 Å². The third kappa shape index (κ3) is 2.87. The van der Waals surface area contributed by atoms with Crippen LogP contribution in [0.15, 0.2) is 54.6 Å². The lowest BCUT2D eigenvalue weighted by atomic mass is 9.79. The number of carbonyl (C=O) groups excluding carboxylic acids is 2. The molecule has 5 nitrogen and oxygen atoms in total. The van der Waals surface area contributed by atoms with Crippen LogP contribution in [0.5, 0.6) is 5.75 Å². The van der Waals surface area contributed by atoms with E-state index in [4.69, 9.17) is 9.47 Å². The molecule has 2 aromatic carbocycles. The van der Waals surface area contributed by atoms with Crippen molar-refractivity contribution in [3.63, 3.8) is 0 Å². The van der Waals surface area contributed by atoms with E-state index in [0.717, 1.165) is 29.8 Å². The highest BCUT2D eigenvalue weighted by molar-refractivity contribution is 5.97. The van der Waals surface area contributed by atoms with Gasteiger partial charge in [-0.15, -0.1) is 0 Å². The molecule has 2 bridgehead atoms. The molecule has 138 valence electrons. The lowest BCUT2D eigenvalue weighted by Gasteiger charge is -2.23. The van der Waals surface area contributed by atoms with Crippen LogP contribution >= 0.6 is 0 Å². The fraction of sp³-hybridized carbons (Fsp3) is 0.364. The molecule has 3 aliphatic rings. The molecule has 1 N–H and O–H groups in total. The summed E-state index contributed by atoms with van der Waals surface area (Å²) in [7, 11) is 0. The largest absolute Gasteiger partial charge is 0.489 e. The SMILES string of the molecule is O=C(Nc1ccc(OCc2ccccc2)cc1)[C@H]1[C@@H]2C[C@H]3[C@@H]1C(=O)O[C@@H]3C2. The summed E-state index contributed by atoms with van der Waals surface area (Å²) in [6.07, 6.45) is 1.82. The quantitative estimate of drug-likeness (QED) is 0.827. The van der Waals surface area contributed by atoms with Gasteiger partial charge < -0.3 is 14.8 Å². The van der Waals surface area contributed by atoms with Crippen LogP contribution < -0.4 is 10.1 Å². The number of benzene rings is 2. The van der Waals surface area contributed by atoms with Gasteiger partial charge in [-0.2, -0.15) is 0 Å². The number of hydrogen-bond acceptors (Lipinski definition) is 4. The van der Waals surface area contributed by atoms with Crippen LogP contribution in [-0.4, -0.2) is 18.0 Å². The first-order valence-electron chi connectivity index (χ1n) is 9.47. The van der Waals surface area contributed by atoms with E-state index in [1.807, 2.05) is 54.6 Å². The summed E-state index contributed by atoms with van der Waals surface area (Å²) in [5, 5.41) is 2.97. The van der Waals surface area contributed by atoms with Crippen LogP contribution in [0.1, 0.15) is 18.4 Å². The summed E-state index contributed by atoms with van der Waals surface area (Å²) < 4.78 is 11.2. The van der Waals surface area contributed by atoms with Gasteiger partial charge in [-0.3, -0.25) is 9.59 Å². The van der Waals surface area contributed by atoms with Crippen LogP contribution in [-0.2, 0) is 20.9 Å². The van der Waals surface area contributed by atoms with Gasteiger partial charge in [0, 0.05) is 11.6 Å². The monoisotopic (exact) mass is 363 g/mol. The zero-order chi connectivity index (χ0) is 18.4. The topological polar surface area (TPSA) is 64.6 Å². The first-order chi connectivity index (χ1) is 13.2. The average Bonchev–Trinajstić information content (AvgIpc) is 3.31. The number of esters is 1. The Labute approximate surface area is 157 Å². The van der Waals surface area contributed by atoms with Crippen LogP contribution in [0.3, 0.4) is 0 Å². The second kappa shape index (κ2) is 6.41. The number of ether oxygens (including phenoxy) is 2. The zero-order valence-corrected chi connectivity index (χ0v) is 14.8. The fourth-order valence-corrected chi connectivity index (χ4v) is 4.96. The molecule has 0 unspecified atom stereocenters. The molecule has 3 fully saturated rings. The molecule has 27 heavy (non-hydrogen) atoms. The third-order valence-corrected chi connectivity index (χ3v) is 6.16. The molecule has 5 rings (SSSR count). The maximum absolute atomic E-state index is 12.8. The number of anilines is 1. The summed E-state index contributed by atoms with van der Waals surface area (Å²) in [6, 6.07) is 17.3. The van der Waals surface area contributed by atoms with Gasteiger partial charge in [0.2, 0.25) is 5.91 Å². The summed E-state index contributed by atoms with van der Waals surface area (Å²) in [6.45, 7) is 0.503. The van der Waals surface area contributed by atoms with Gasteiger partial charge in [-0.05, 0) is 48.6 Å². The average molecular weight is 363 g/mol. The van der Waals surface area contributed by atoms with Crippen LogP contribution in [0.4, 0.5) is 5.69 Å². The van der Waals surface area contributed by atoms with E-state index < -0.39 is 0 Å². The zero-order valence-electron chi connectivity index (χ0n) is 14.8. The van der Waals surface area contributed by atoms with Crippen molar-refractivity contribution in [1.82, 2.24) is 0 Å². The molecule has 0 radical (unpaired) electrons. The van der Waals surface area contributed by atoms with Crippen molar-refractivity contribution in [3.05, 3.63) is 60.2 Å². The smallest absolute Gasteiger partial charge is 0.310 e. The molecular formula is C22H21NO4. The summed E-state index contributed by atoms with van der Waals surface area (Å²) in [4.78, 5) is 24.9. The lowest BCUT2D eigenvalue weighted by Crippen LogP contribution is -2.35. The minimum Gasteiger partial charge on any atom is -0.489 e. The van der Waals surface area contributed by atoms with E-state index in [9.17, 15) is 9.59 Å². The van der Waals surface area contributed by atoms with Gasteiger partial charge in [0.15, 0.2) is 0 Å². The Balaban J connectivity index is 1.21. The van der Waals surface area contributed by atoms with Crippen LogP contribution in [0.25, 0.3) is 0 Å². The van der Waals surface area contributed by atoms with Crippen molar-refractivity contribution in [1.29, 1.82) is 0 Å². The minimum atomic E-state index is -0.254. The number of carbonyl (C=O) groups is 2. The van der Waals surface area contributed by atoms with Crippen molar-refractivity contribution >= 4 is 17.6 Å². The van der Waals surface area contributed by atoms with Gasteiger partial charge in [0.05, 0.1) is 11.8 Å². The maximum atomic E-state index is 12.8. The van der Waals surface area contributed by atoms with E-state index >= 15 is 0 Å². The maximum Gasteiger partial charge on any atom is 0.310 e. The number of nitrogens with one attached hydrogen (secondary N) is 1. The van der Waals surface area contributed by atoms with E-state index in [-0.39, 0.29) is 41.7 Å². The summed E-state index contributed by atoms with van der Waals surface area (Å²) in [5.74, 6) is 0.506. The second-order valence-electron chi connectivity index (χ2n) is 7.71. The van der Waals surface area contributed by atoms with E-state index in [0.29, 0.717) is 6.61 Å². The highest BCUT2D eigenvalue weighted by Crippen LogP contribution is 2.57. The number of fused-ring (bicyclic) bond motifs is 1. The highest BCUT2D eigenvalue weighted by Gasteiger charge is 2.63.